The van der Waals surface area contributed by atoms with E-state index in [4.69, 9.17) is 19.7 Å². The maximum absolute atomic E-state index is 14.2. The highest BCUT2D eigenvalue weighted by atomic mass is 32.1. The van der Waals surface area contributed by atoms with Crippen molar-refractivity contribution in [3.63, 3.8) is 0 Å². The Labute approximate surface area is 241 Å². The summed E-state index contributed by atoms with van der Waals surface area (Å²) in [5.41, 5.74) is 2.14. The third-order valence-corrected chi connectivity index (χ3v) is 8.22. The van der Waals surface area contributed by atoms with Crippen molar-refractivity contribution in [3.8, 4) is 17.6 Å². The second-order valence-electron chi connectivity index (χ2n) is 9.45. The van der Waals surface area contributed by atoms with Crippen LogP contribution in [0.15, 0.2) is 81.7 Å². The summed E-state index contributed by atoms with van der Waals surface area (Å²) in [6.07, 6.45) is 1.80. The van der Waals surface area contributed by atoms with E-state index in [0.717, 1.165) is 10.8 Å². The van der Waals surface area contributed by atoms with Gasteiger partial charge in [0.25, 0.3) is 11.5 Å². The SMILES string of the molecule is CCN(CC)C(=O)C1=C(C)N=c2s/c(=C/c3c(OCC#N)ccc4ccccc34)c(=O)n2[C@@H]1c1ccccc1OC. The molecule has 2 heterocycles. The van der Waals surface area contributed by atoms with Crippen LogP contribution < -0.4 is 24.4 Å². The monoisotopic (exact) mass is 566 g/mol. The Morgan fingerprint density at radius 2 is 1.83 bits per heavy atom. The molecule has 1 amide bonds. The number of ether oxygens (including phenoxy) is 2. The number of para-hydroxylation sites is 1. The first-order valence-electron chi connectivity index (χ1n) is 13.4. The number of hydrogen-bond donors (Lipinski definition) is 0. The molecule has 5 rings (SSSR count). The van der Waals surface area contributed by atoms with Gasteiger partial charge in [0, 0.05) is 24.2 Å². The number of aromatic nitrogens is 1. The molecular formula is C32H30N4O4S. The number of methoxy groups -OCH3 is 1. The van der Waals surface area contributed by atoms with Crippen molar-refractivity contribution in [2.24, 2.45) is 4.99 Å². The number of allylic oxidation sites excluding steroid dienone is 1. The predicted octanol–water partition coefficient (Wildman–Crippen LogP) is 4.17. The molecule has 1 aliphatic rings. The molecule has 0 fully saturated rings. The van der Waals surface area contributed by atoms with E-state index in [1.54, 1.807) is 22.7 Å². The lowest BCUT2D eigenvalue weighted by Crippen LogP contribution is -2.43. The van der Waals surface area contributed by atoms with Gasteiger partial charge in [-0.1, -0.05) is 59.9 Å². The summed E-state index contributed by atoms with van der Waals surface area (Å²) in [6.45, 7) is 6.62. The molecule has 0 spiro atoms. The van der Waals surface area contributed by atoms with Gasteiger partial charge in [0.05, 0.1) is 22.9 Å². The van der Waals surface area contributed by atoms with Crippen molar-refractivity contribution in [2.45, 2.75) is 26.8 Å². The Kier molecular flexibility index (Phi) is 8.04. The standard InChI is InChI=1S/C32H30N4O4S/c1-5-35(6-2)31(38)28-20(3)34-32-36(29(28)23-13-9-10-14-25(23)39-4)30(37)27(41-32)19-24-22-12-8-7-11-21(22)15-16-26(24)40-18-17-33/h7-16,19,29H,5-6,18H2,1-4H3/b27-19+/t29-/m1/s1. The Morgan fingerprint density at radius 3 is 2.56 bits per heavy atom. The highest BCUT2D eigenvalue weighted by Crippen LogP contribution is 2.36. The van der Waals surface area contributed by atoms with Gasteiger partial charge in [-0.05, 0) is 49.8 Å². The molecule has 9 heteroatoms. The molecule has 208 valence electrons. The zero-order valence-corrected chi connectivity index (χ0v) is 24.2. The van der Waals surface area contributed by atoms with Crippen LogP contribution in [0.5, 0.6) is 11.5 Å². The smallest absolute Gasteiger partial charge is 0.271 e. The summed E-state index contributed by atoms with van der Waals surface area (Å²) in [5.74, 6) is 0.918. The van der Waals surface area contributed by atoms with Gasteiger partial charge in [-0.3, -0.25) is 14.2 Å². The van der Waals surface area contributed by atoms with E-state index in [-0.39, 0.29) is 18.1 Å². The van der Waals surface area contributed by atoms with Crippen LogP contribution in [0.2, 0.25) is 0 Å². The summed E-state index contributed by atoms with van der Waals surface area (Å²) >= 11 is 1.25. The van der Waals surface area contributed by atoms with Gasteiger partial charge in [0.1, 0.15) is 23.6 Å². The van der Waals surface area contributed by atoms with Crippen molar-refractivity contribution < 1.29 is 14.3 Å². The number of benzene rings is 3. The second-order valence-corrected chi connectivity index (χ2v) is 10.5. The average molecular weight is 567 g/mol. The summed E-state index contributed by atoms with van der Waals surface area (Å²) < 4.78 is 13.5. The van der Waals surface area contributed by atoms with Gasteiger partial charge in [-0.15, -0.1) is 0 Å². The van der Waals surface area contributed by atoms with Crippen molar-refractivity contribution in [1.29, 1.82) is 5.26 Å². The fourth-order valence-corrected chi connectivity index (χ4v) is 6.28. The van der Waals surface area contributed by atoms with Crippen LogP contribution in [0.1, 0.15) is 37.9 Å². The maximum atomic E-state index is 14.2. The highest BCUT2D eigenvalue weighted by molar-refractivity contribution is 7.07. The molecule has 0 N–H and O–H groups in total. The maximum Gasteiger partial charge on any atom is 0.271 e. The zero-order chi connectivity index (χ0) is 29.1. The lowest BCUT2D eigenvalue weighted by molar-refractivity contribution is -0.127. The number of fused-ring (bicyclic) bond motifs is 2. The number of carbonyl (C=O) groups excluding carboxylic acids is 1. The number of thiazole rings is 1. The predicted molar refractivity (Wildman–Crippen MR) is 160 cm³/mol. The summed E-state index contributed by atoms with van der Waals surface area (Å²) in [7, 11) is 1.58. The van der Waals surface area contributed by atoms with Crippen molar-refractivity contribution in [1.82, 2.24) is 9.47 Å². The Morgan fingerprint density at radius 1 is 1.10 bits per heavy atom. The number of carbonyl (C=O) groups is 1. The molecule has 41 heavy (non-hydrogen) atoms. The minimum Gasteiger partial charge on any atom is -0.496 e. The van der Waals surface area contributed by atoms with Gasteiger partial charge in [-0.2, -0.15) is 5.26 Å². The van der Waals surface area contributed by atoms with E-state index in [0.29, 0.717) is 56.3 Å². The van der Waals surface area contributed by atoms with Gasteiger partial charge >= 0.3 is 0 Å². The molecule has 0 saturated heterocycles. The van der Waals surface area contributed by atoms with Crippen molar-refractivity contribution in [3.05, 3.63) is 103 Å². The number of nitriles is 1. The van der Waals surface area contributed by atoms with Crippen LogP contribution in [0, 0.1) is 11.3 Å². The Balaban J connectivity index is 1.80. The molecular weight excluding hydrogens is 536 g/mol. The minimum atomic E-state index is -0.723. The van der Waals surface area contributed by atoms with Crippen LogP contribution in [0.4, 0.5) is 0 Å². The van der Waals surface area contributed by atoms with Gasteiger partial charge < -0.3 is 14.4 Å². The molecule has 1 aliphatic heterocycles. The van der Waals surface area contributed by atoms with Gasteiger partial charge in [0.2, 0.25) is 0 Å². The van der Waals surface area contributed by atoms with Gasteiger partial charge in [0.15, 0.2) is 11.4 Å². The molecule has 1 atom stereocenters. The topological polar surface area (TPSA) is 96.9 Å². The average Bonchev–Trinajstić information content (AvgIpc) is 3.30. The fourth-order valence-electron chi connectivity index (χ4n) is 5.25. The molecule has 0 radical (unpaired) electrons. The minimum absolute atomic E-state index is 0.121. The Bertz CT molecular complexity index is 1890. The van der Waals surface area contributed by atoms with Crippen LogP contribution in [0.3, 0.4) is 0 Å². The molecule has 8 nitrogen and oxygen atoms in total. The largest absolute Gasteiger partial charge is 0.496 e. The zero-order valence-electron chi connectivity index (χ0n) is 23.4. The van der Waals surface area contributed by atoms with E-state index < -0.39 is 6.04 Å². The van der Waals surface area contributed by atoms with E-state index in [1.807, 2.05) is 87.5 Å². The number of amides is 1. The van der Waals surface area contributed by atoms with Crippen molar-refractivity contribution in [2.75, 3.05) is 26.8 Å². The summed E-state index contributed by atoms with van der Waals surface area (Å²) in [6, 6.07) is 20.3. The molecule has 0 bridgehead atoms. The van der Waals surface area contributed by atoms with Crippen LogP contribution in [0.25, 0.3) is 16.8 Å². The van der Waals surface area contributed by atoms with Crippen LogP contribution >= 0.6 is 11.3 Å². The number of hydrogen-bond acceptors (Lipinski definition) is 7. The highest BCUT2D eigenvalue weighted by Gasteiger charge is 2.35. The third-order valence-electron chi connectivity index (χ3n) is 7.23. The molecule has 1 aromatic heterocycles. The third kappa shape index (κ3) is 5.03. The Hall–Kier alpha value is -4.68. The molecule has 0 aliphatic carbocycles. The first-order chi connectivity index (χ1) is 19.9. The summed E-state index contributed by atoms with van der Waals surface area (Å²) in [4.78, 5) is 35.1. The first-order valence-corrected chi connectivity index (χ1v) is 14.2. The van der Waals surface area contributed by atoms with E-state index in [1.165, 1.54) is 11.3 Å². The first kappa shape index (κ1) is 27.9. The van der Waals surface area contributed by atoms with E-state index >= 15 is 0 Å². The molecule has 0 unspecified atom stereocenters. The second kappa shape index (κ2) is 11.8. The quantitative estimate of drug-likeness (QED) is 0.319. The van der Waals surface area contributed by atoms with Crippen molar-refractivity contribution >= 4 is 34.1 Å². The number of rotatable bonds is 8. The van der Waals surface area contributed by atoms with Crippen LogP contribution in [-0.2, 0) is 4.79 Å². The van der Waals surface area contributed by atoms with Gasteiger partial charge in [-0.25, -0.2) is 4.99 Å². The number of likely N-dealkylation sites (N-methyl/N-ethyl adjacent to an activating group) is 1. The lowest BCUT2D eigenvalue weighted by Gasteiger charge is -2.29. The molecule has 0 saturated carbocycles. The number of nitrogens with zero attached hydrogens (tertiary/aromatic N) is 4. The van der Waals surface area contributed by atoms with E-state index in [2.05, 4.69) is 0 Å². The molecule has 4 aromatic rings. The summed E-state index contributed by atoms with van der Waals surface area (Å²) in [5, 5.41) is 11.0. The molecule has 3 aromatic carbocycles. The van der Waals surface area contributed by atoms with E-state index in [9.17, 15) is 9.59 Å². The normalized spacial score (nSPS) is 14.8. The fraction of sp³-hybridized carbons (Fsp3) is 0.250. The lowest BCUT2D eigenvalue weighted by atomic mass is 9.94. The van der Waals surface area contributed by atoms with Crippen LogP contribution in [-0.4, -0.2) is 42.2 Å².